The van der Waals surface area contributed by atoms with Crippen LogP contribution in [0.2, 0.25) is 0 Å². The maximum atomic E-state index is 13.5. The van der Waals surface area contributed by atoms with Crippen molar-refractivity contribution < 1.29 is 13.2 Å². The third kappa shape index (κ3) is 3.40. The first-order valence-electron chi connectivity index (χ1n) is 6.12. The lowest BCUT2D eigenvalue weighted by Gasteiger charge is -2.09. The second-order valence-corrected chi connectivity index (χ2v) is 4.21. The molecule has 106 valence electrons. The van der Waals surface area contributed by atoms with Crippen molar-refractivity contribution in [2.24, 2.45) is 0 Å². The van der Waals surface area contributed by atoms with Gasteiger partial charge in [-0.25, -0.2) is 18.2 Å². The van der Waals surface area contributed by atoms with Gasteiger partial charge in [-0.05, 0) is 24.1 Å². The van der Waals surface area contributed by atoms with Crippen LogP contribution in [0.25, 0.3) is 0 Å². The molecule has 0 radical (unpaired) electrons. The van der Waals surface area contributed by atoms with Gasteiger partial charge in [0.1, 0.15) is 5.82 Å². The monoisotopic (exact) mass is 281 g/mol. The van der Waals surface area contributed by atoms with Crippen LogP contribution < -0.4 is 10.6 Å². The summed E-state index contributed by atoms with van der Waals surface area (Å²) in [5, 5.41) is 5.30. The molecule has 2 aromatic rings. The Kier molecular flexibility index (Phi) is 4.45. The van der Waals surface area contributed by atoms with Gasteiger partial charge in [-0.15, -0.1) is 0 Å². The lowest BCUT2D eigenvalue weighted by atomic mass is 10.1. The Morgan fingerprint density at radius 3 is 2.50 bits per heavy atom. The number of nitrogens with one attached hydrogen (secondary N) is 2. The average Bonchev–Trinajstić information content (AvgIpc) is 2.41. The summed E-state index contributed by atoms with van der Waals surface area (Å²) >= 11 is 0. The van der Waals surface area contributed by atoms with Crippen LogP contribution in [-0.2, 0) is 6.42 Å². The van der Waals surface area contributed by atoms with E-state index < -0.39 is 11.6 Å². The fourth-order valence-corrected chi connectivity index (χ4v) is 1.78. The Hall–Kier alpha value is -2.24. The zero-order chi connectivity index (χ0) is 14.5. The van der Waals surface area contributed by atoms with Gasteiger partial charge in [0.15, 0.2) is 23.3 Å². The molecule has 20 heavy (non-hydrogen) atoms. The van der Waals surface area contributed by atoms with Crippen LogP contribution in [0.3, 0.4) is 0 Å². The first-order valence-corrected chi connectivity index (χ1v) is 6.12. The summed E-state index contributed by atoms with van der Waals surface area (Å²) in [6.07, 6.45) is 0.505. The van der Waals surface area contributed by atoms with Crippen LogP contribution in [-0.4, -0.2) is 18.6 Å². The van der Waals surface area contributed by atoms with E-state index in [0.717, 1.165) is 11.6 Å². The molecule has 0 fully saturated rings. The molecule has 0 saturated heterocycles. The Morgan fingerprint density at radius 1 is 1.05 bits per heavy atom. The molecule has 0 atom stereocenters. The minimum absolute atomic E-state index is 0.0281. The predicted molar refractivity (Wildman–Crippen MR) is 72.3 cm³/mol. The van der Waals surface area contributed by atoms with E-state index in [4.69, 9.17) is 0 Å². The minimum atomic E-state index is -0.763. The highest BCUT2D eigenvalue weighted by Crippen LogP contribution is 2.18. The number of anilines is 2. The summed E-state index contributed by atoms with van der Waals surface area (Å²) in [6, 6.07) is 6.93. The van der Waals surface area contributed by atoms with Crippen molar-refractivity contribution in [3.05, 3.63) is 53.3 Å². The Bertz CT molecular complexity index is 602. The van der Waals surface area contributed by atoms with Gasteiger partial charge in [0.05, 0.1) is 0 Å². The minimum Gasteiger partial charge on any atom is -0.371 e. The fourth-order valence-electron chi connectivity index (χ4n) is 1.78. The molecule has 0 amide bonds. The molecular weight excluding hydrogens is 267 g/mol. The van der Waals surface area contributed by atoms with Crippen LogP contribution in [0.4, 0.5) is 24.8 Å². The van der Waals surface area contributed by atoms with Gasteiger partial charge >= 0.3 is 0 Å². The van der Waals surface area contributed by atoms with Crippen molar-refractivity contribution in [1.29, 1.82) is 0 Å². The maximum Gasteiger partial charge on any atom is 0.168 e. The Morgan fingerprint density at radius 2 is 1.80 bits per heavy atom. The first kappa shape index (κ1) is 14.2. The summed E-state index contributed by atoms with van der Waals surface area (Å²) in [6.45, 7) is 0.363. The van der Waals surface area contributed by atoms with E-state index in [9.17, 15) is 13.2 Å². The van der Waals surface area contributed by atoms with Crippen molar-refractivity contribution in [2.45, 2.75) is 6.42 Å². The molecule has 0 bridgehead atoms. The topological polar surface area (TPSA) is 37.0 Å². The van der Waals surface area contributed by atoms with E-state index in [1.54, 1.807) is 12.1 Å². The van der Waals surface area contributed by atoms with Gasteiger partial charge in [-0.3, -0.25) is 0 Å². The van der Waals surface area contributed by atoms with E-state index in [1.165, 1.54) is 19.2 Å². The Labute approximate surface area is 114 Å². The van der Waals surface area contributed by atoms with Crippen LogP contribution in [0, 0.1) is 17.5 Å². The predicted octanol–water partition coefficient (Wildman–Crippen LogP) is 3.20. The molecule has 0 aliphatic carbocycles. The second kappa shape index (κ2) is 6.27. The fraction of sp³-hybridized carbons (Fsp3) is 0.214. The molecule has 1 aromatic heterocycles. The molecule has 3 nitrogen and oxygen atoms in total. The second-order valence-electron chi connectivity index (χ2n) is 4.21. The normalized spacial score (nSPS) is 10.4. The summed E-state index contributed by atoms with van der Waals surface area (Å²) < 4.78 is 39.7. The number of halogens is 3. The molecule has 0 aliphatic heterocycles. The third-order valence-corrected chi connectivity index (χ3v) is 2.76. The third-order valence-electron chi connectivity index (χ3n) is 2.76. The zero-order valence-corrected chi connectivity index (χ0v) is 10.9. The lowest BCUT2D eigenvalue weighted by molar-refractivity contribution is 0.578. The average molecular weight is 281 g/mol. The van der Waals surface area contributed by atoms with E-state index in [1.807, 2.05) is 0 Å². The number of aromatic nitrogens is 1. The van der Waals surface area contributed by atoms with Gasteiger partial charge in [-0.1, -0.05) is 12.1 Å². The number of benzene rings is 1. The van der Waals surface area contributed by atoms with Crippen molar-refractivity contribution in [2.75, 3.05) is 24.2 Å². The maximum absolute atomic E-state index is 13.5. The molecule has 0 saturated carbocycles. The van der Waals surface area contributed by atoms with Crippen LogP contribution in [0.15, 0.2) is 30.3 Å². The highest BCUT2D eigenvalue weighted by Gasteiger charge is 2.10. The van der Waals surface area contributed by atoms with Gasteiger partial charge in [0.2, 0.25) is 0 Å². The van der Waals surface area contributed by atoms with E-state index in [2.05, 4.69) is 15.6 Å². The van der Waals surface area contributed by atoms with Crippen molar-refractivity contribution in [3.8, 4) is 0 Å². The van der Waals surface area contributed by atoms with E-state index in [0.29, 0.717) is 13.0 Å². The van der Waals surface area contributed by atoms with Gasteiger partial charge in [0.25, 0.3) is 0 Å². The number of rotatable bonds is 5. The first-order chi connectivity index (χ1) is 9.60. The summed E-state index contributed by atoms with van der Waals surface area (Å²) in [7, 11) is 1.50. The Balaban J connectivity index is 2.00. The zero-order valence-electron chi connectivity index (χ0n) is 10.9. The molecule has 0 unspecified atom stereocenters. The molecule has 2 N–H and O–H groups in total. The quantitative estimate of drug-likeness (QED) is 0.883. The summed E-state index contributed by atoms with van der Waals surface area (Å²) in [5.41, 5.74) is 0.786. The van der Waals surface area contributed by atoms with Crippen LogP contribution >= 0.6 is 0 Å². The molecule has 6 heteroatoms. The van der Waals surface area contributed by atoms with Crippen LogP contribution in [0.1, 0.15) is 5.56 Å². The number of pyridine rings is 1. The standard InChI is InChI=1S/C14H14F3N3/c1-18-13-11(16)8-12(17)14(20-13)19-6-5-9-3-2-4-10(15)7-9/h2-4,7-8H,5-6H2,1H3,(H2,18,19,20). The molecule has 0 spiro atoms. The van der Waals surface area contributed by atoms with Crippen molar-refractivity contribution in [1.82, 2.24) is 4.98 Å². The lowest BCUT2D eigenvalue weighted by Crippen LogP contribution is -2.10. The largest absolute Gasteiger partial charge is 0.371 e. The number of nitrogens with zero attached hydrogens (tertiary/aromatic N) is 1. The molecule has 1 heterocycles. The number of hydrogen-bond donors (Lipinski definition) is 2. The van der Waals surface area contributed by atoms with Crippen LogP contribution in [0.5, 0.6) is 0 Å². The molecule has 2 rings (SSSR count). The van der Waals surface area contributed by atoms with E-state index in [-0.39, 0.29) is 17.5 Å². The molecular formula is C14H14F3N3. The highest BCUT2D eigenvalue weighted by molar-refractivity contribution is 5.47. The summed E-state index contributed by atoms with van der Waals surface area (Å²) in [4.78, 5) is 3.79. The summed E-state index contributed by atoms with van der Waals surface area (Å²) in [5.74, 6) is -1.89. The SMILES string of the molecule is CNc1nc(NCCc2cccc(F)c2)c(F)cc1F. The van der Waals surface area contributed by atoms with Gasteiger partial charge in [-0.2, -0.15) is 0 Å². The smallest absolute Gasteiger partial charge is 0.168 e. The van der Waals surface area contributed by atoms with Crippen molar-refractivity contribution in [3.63, 3.8) is 0 Å². The van der Waals surface area contributed by atoms with Crippen molar-refractivity contribution >= 4 is 11.6 Å². The van der Waals surface area contributed by atoms with Gasteiger partial charge in [0, 0.05) is 19.7 Å². The molecule has 1 aromatic carbocycles. The number of hydrogen-bond acceptors (Lipinski definition) is 3. The highest BCUT2D eigenvalue weighted by atomic mass is 19.1. The van der Waals surface area contributed by atoms with E-state index >= 15 is 0 Å². The molecule has 0 aliphatic rings. The van der Waals surface area contributed by atoms with Gasteiger partial charge < -0.3 is 10.6 Å².